The van der Waals surface area contributed by atoms with E-state index in [1.807, 2.05) is 41.9 Å². The molecular formula is C21H20BrN3O3. The maximum absolute atomic E-state index is 13.0. The number of benzene rings is 2. The quantitative estimate of drug-likeness (QED) is 0.655. The molecule has 144 valence electrons. The third kappa shape index (κ3) is 3.05. The summed E-state index contributed by atoms with van der Waals surface area (Å²) in [5.41, 5.74) is 2.85. The first kappa shape index (κ1) is 18.6. The summed E-state index contributed by atoms with van der Waals surface area (Å²) < 4.78 is 8.09. The smallest absolute Gasteiger partial charge is 0.273 e. The number of amides is 2. The fourth-order valence-corrected chi connectivity index (χ4v) is 4.45. The van der Waals surface area contributed by atoms with E-state index in [-0.39, 0.29) is 11.8 Å². The molecule has 1 aliphatic rings. The van der Waals surface area contributed by atoms with Gasteiger partial charge in [-0.05, 0) is 40.5 Å². The molecule has 0 saturated carbocycles. The van der Waals surface area contributed by atoms with Crippen molar-refractivity contribution in [3.8, 4) is 5.75 Å². The van der Waals surface area contributed by atoms with Crippen molar-refractivity contribution in [1.29, 1.82) is 0 Å². The second-order valence-electron chi connectivity index (χ2n) is 6.73. The number of hydrogen-bond acceptors (Lipinski definition) is 3. The molecule has 0 bridgehead atoms. The Kier molecular flexibility index (Phi) is 4.85. The fraction of sp³-hybridized carbons (Fsp3) is 0.238. The van der Waals surface area contributed by atoms with Crippen LogP contribution in [0.4, 0.5) is 11.4 Å². The molecule has 28 heavy (non-hydrogen) atoms. The number of ether oxygens (including phenoxy) is 1. The monoisotopic (exact) mass is 441 g/mol. The number of halogens is 1. The molecule has 2 amide bonds. The van der Waals surface area contributed by atoms with Crippen molar-refractivity contribution in [2.75, 3.05) is 23.9 Å². The number of anilines is 2. The first-order valence-corrected chi connectivity index (χ1v) is 9.83. The molecule has 1 N–H and O–H groups in total. The SMILES string of the molecule is COc1cc(NC(=O)c2c(Br)c3ccccc3n2C)ccc1N1CCCC1=O. The van der Waals surface area contributed by atoms with Gasteiger partial charge in [0.2, 0.25) is 5.91 Å². The van der Waals surface area contributed by atoms with E-state index in [0.717, 1.165) is 27.5 Å². The van der Waals surface area contributed by atoms with Crippen LogP contribution in [-0.2, 0) is 11.8 Å². The Hall–Kier alpha value is -2.80. The minimum atomic E-state index is -0.224. The Labute approximate surface area is 171 Å². The lowest BCUT2D eigenvalue weighted by Gasteiger charge is -2.19. The van der Waals surface area contributed by atoms with Crippen LogP contribution in [0.3, 0.4) is 0 Å². The van der Waals surface area contributed by atoms with Crippen LogP contribution in [0, 0.1) is 0 Å². The minimum Gasteiger partial charge on any atom is -0.494 e. The number of hydrogen-bond donors (Lipinski definition) is 1. The summed E-state index contributed by atoms with van der Waals surface area (Å²) in [6.07, 6.45) is 1.40. The maximum Gasteiger partial charge on any atom is 0.273 e. The van der Waals surface area contributed by atoms with Crippen molar-refractivity contribution >= 4 is 50.0 Å². The Balaban J connectivity index is 1.64. The predicted molar refractivity (Wildman–Crippen MR) is 113 cm³/mol. The van der Waals surface area contributed by atoms with Gasteiger partial charge in [-0.15, -0.1) is 0 Å². The number of aryl methyl sites for hydroxylation is 1. The highest BCUT2D eigenvalue weighted by molar-refractivity contribution is 9.10. The zero-order chi connectivity index (χ0) is 19.8. The number of carbonyl (C=O) groups excluding carboxylic acids is 2. The van der Waals surface area contributed by atoms with Gasteiger partial charge in [-0.3, -0.25) is 9.59 Å². The lowest BCUT2D eigenvalue weighted by Crippen LogP contribution is -2.24. The lowest BCUT2D eigenvalue weighted by molar-refractivity contribution is -0.117. The molecule has 1 fully saturated rings. The third-order valence-electron chi connectivity index (χ3n) is 5.06. The van der Waals surface area contributed by atoms with Crippen molar-refractivity contribution in [1.82, 2.24) is 4.57 Å². The van der Waals surface area contributed by atoms with E-state index >= 15 is 0 Å². The molecule has 2 heterocycles. The summed E-state index contributed by atoms with van der Waals surface area (Å²) in [5, 5.41) is 3.91. The highest BCUT2D eigenvalue weighted by Crippen LogP contribution is 2.35. The normalized spacial score (nSPS) is 14.0. The van der Waals surface area contributed by atoms with Gasteiger partial charge in [0.05, 0.1) is 17.3 Å². The van der Waals surface area contributed by atoms with Crippen molar-refractivity contribution in [3.63, 3.8) is 0 Å². The molecule has 0 aliphatic carbocycles. The Bertz CT molecular complexity index is 1050. The maximum atomic E-state index is 13.0. The summed E-state index contributed by atoms with van der Waals surface area (Å²) in [4.78, 5) is 26.7. The standard InChI is InChI=1S/C21H20BrN3O3/c1-24-15-7-4-3-6-14(15)19(22)20(24)21(27)23-13-9-10-16(17(12-13)28-2)25-11-5-8-18(25)26/h3-4,6-7,9-10,12H,5,8,11H2,1-2H3,(H,23,27). The Morgan fingerprint density at radius 2 is 2.00 bits per heavy atom. The van der Waals surface area contributed by atoms with E-state index < -0.39 is 0 Å². The van der Waals surface area contributed by atoms with Gasteiger partial charge < -0.3 is 19.5 Å². The summed E-state index contributed by atoms with van der Waals surface area (Å²) in [5.74, 6) is 0.427. The molecule has 4 rings (SSSR count). The van der Waals surface area contributed by atoms with Crippen LogP contribution in [0.15, 0.2) is 46.9 Å². The molecule has 0 atom stereocenters. The van der Waals surface area contributed by atoms with E-state index in [9.17, 15) is 9.59 Å². The van der Waals surface area contributed by atoms with Crippen molar-refractivity contribution < 1.29 is 14.3 Å². The van der Waals surface area contributed by atoms with Gasteiger partial charge in [-0.1, -0.05) is 18.2 Å². The van der Waals surface area contributed by atoms with Gasteiger partial charge >= 0.3 is 0 Å². The van der Waals surface area contributed by atoms with E-state index in [2.05, 4.69) is 21.2 Å². The summed E-state index contributed by atoms with van der Waals surface area (Å²) in [6, 6.07) is 13.2. The van der Waals surface area contributed by atoms with E-state index in [4.69, 9.17) is 4.74 Å². The summed E-state index contributed by atoms with van der Waals surface area (Å²) in [6.45, 7) is 0.684. The number of methoxy groups -OCH3 is 1. The fourth-order valence-electron chi connectivity index (χ4n) is 3.67. The Morgan fingerprint density at radius 3 is 2.68 bits per heavy atom. The van der Waals surface area contributed by atoms with Crippen LogP contribution in [0.25, 0.3) is 10.9 Å². The van der Waals surface area contributed by atoms with Crippen LogP contribution < -0.4 is 15.0 Å². The highest BCUT2D eigenvalue weighted by atomic mass is 79.9. The number of fused-ring (bicyclic) bond motifs is 1. The topological polar surface area (TPSA) is 63.6 Å². The molecule has 6 nitrogen and oxygen atoms in total. The number of nitrogens with one attached hydrogen (secondary N) is 1. The van der Waals surface area contributed by atoms with E-state index in [0.29, 0.717) is 30.1 Å². The zero-order valence-corrected chi connectivity index (χ0v) is 17.2. The number of rotatable bonds is 4. The van der Waals surface area contributed by atoms with Gasteiger partial charge in [-0.25, -0.2) is 0 Å². The molecular weight excluding hydrogens is 422 g/mol. The number of carbonyl (C=O) groups is 2. The predicted octanol–water partition coefficient (Wildman–Crippen LogP) is 4.33. The molecule has 1 saturated heterocycles. The second kappa shape index (κ2) is 7.31. The molecule has 1 aromatic heterocycles. The van der Waals surface area contributed by atoms with E-state index in [1.165, 1.54) is 0 Å². The van der Waals surface area contributed by atoms with E-state index in [1.54, 1.807) is 24.1 Å². The van der Waals surface area contributed by atoms with Crippen LogP contribution >= 0.6 is 15.9 Å². The summed E-state index contributed by atoms with van der Waals surface area (Å²) in [7, 11) is 3.43. The third-order valence-corrected chi connectivity index (χ3v) is 5.86. The van der Waals surface area contributed by atoms with Gasteiger partial charge in [0.15, 0.2) is 0 Å². The average molecular weight is 442 g/mol. The van der Waals surface area contributed by atoms with Crippen LogP contribution in [0.5, 0.6) is 5.75 Å². The van der Waals surface area contributed by atoms with Crippen molar-refractivity contribution in [2.45, 2.75) is 12.8 Å². The van der Waals surface area contributed by atoms with Gasteiger partial charge in [0, 0.05) is 42.7 Å². The molecule has 3 aromatic rings. The van der Waals surface area contributed by atoms with Gasteiger partial charge in [0.25, 0.3) is 5.91 Å². The highest BCUT2D eigenvalue weighted by Gasteiger charge is 2.25. The molecule has 0 spiro atoms. The van der Waals surface area contributed by atoms with Crippen molar-refractivity contribution in [3.05, 3.63) is 52.6 Å². The molecule has 2 aromatic carbocycles. The average Bonchev–Trinajstić information content (AvgIpc) is 3.23. The van der Waals surface area contributed by atoms with Gasteiger partial charge in [0.1, 0.15) is 11.4 Å². The zero-order valence-electron chi connectivity index (χ0n) is 15.7. The largest absolute Gasteiger partial charge is 0.494 e. The summed E-state index contributed by atoms with van der Waals surface area (Å²) >= 11 is 3.56. The van der Waals surface area contributed by atoms with Crippen molar-refractivity contribution in [2.24, 2.45) is 7.05 Å². The second-order valence-corrected chi connectivity index (χ2v) is 7.52. The van der Waals surface area contributed by atoms with Gasteiger partial charge in [-0.2, -0.15) is 0 Å². The van der Waals surface area contributed by atoms with Crippen LogP contribution in [-0.4, -0.2) is 30.0 Å². The Morgan fingerprint density at radius 1 is 1.21 bits per heavy atom. The lowest BCUT2D eigenvalue weighted by atomic mass is 10.2. The molecule has 0 radical (unpaired) electrons. The first-order chi connectivity index (χ1) is 13.5. The first-order valence-electron chi connectivity index (χ1n) is 9.04. The minimum absolute atomic E-state index is 0.0921. The molecule has 1 aliphatic heterocycles. The van der Waals surface area contributed by atoms with Crippen LogP contribution in [0.1, 0.15) is 23.3 Å². The number of aromatic nitrogens is 1. The number of nitrogens with zero attached hydrogens (tertiary/aromatic N) is 2. The van der Waals surface area contributed by atoms with Crippen LogP contribution in [0.2, 0.25) is 0 Å². The molecule has 0 unspecified atom stereocenters. The number of para-hydroxylation sites is 1. The molecule has 7 heteroatoms.